The monoisotopic (exact) mass is 495 g/mol. The van der Waals surface area contributed by atoms with E-state index in [1.807, 2.05) is 0 Å². The van der Waals surface area contributed by atoms with Gasteiger partial charge in [0.25, 0.3) is 5.91 Å². The Kier molecular flexibility index (Phi) is 7.52. The van der Waals surface area contributed by atoms with Crippen molar-refractivity contribution in [3.63, 3.8) is 0 Å². The largest absolute Gasteiger partial charge is 0.337 e. The highest BCUT2D eigenvalue weighted by Gasteiger charge is 2.51. The maximum atomic E-state index is 14.1. The minimum atomic E-state index is -0.459. The highest BCUT2D eigenvalue weighted by Crippen LogP contribution is 2.59. The van der Waals surface area contributed by atoms with Crippen molar-refractivity contribution in [2.24, 2.45) is 23.2 Å². The molecule has 1 aromatic carbocycles. The molecule has 0 radical (unpaired) electrons. The van der Waals surface area contributed by atoms with Crippen molar-refractivity contribution in [1.82, 2.24) is 14.7 Å². The van der Waals surface area contributed by atoms with E-state index in [1.165, 1.54) is 37.3 Å². The molecule has 6 heteroatoms. The molecule has 1 aromatic rings. The number of nitrogens with zero attached hydrogens (tertiary/aromatic N) is 3. The topological polar surface area (TPSA) is 43.9 Å². The molecule has 2 bridgehead atoms. The average Bonchev–Trinajstić information content (AvgIpc) is 2.91. The molecule has 2 amide bonds. The van der Waals surface area contributed by atoms with E-state index >= 15 is 0 Å². The third-order valence-electron chi connectivity index (χ3n) is 9.67. The zero-order valence-electron chi connectivity index (χ0n) is 22.1. The third kappa shape index (κ3) is 5.11. The quantitative estimate of drug-likeness (QED) is 0.501. The molecule has 1 saturated heterocycles. The summed E-state index contributed by atoms with van der Waals surface area (Å²) in [5.74, 6) is 1.26. The lowest BCUT2D eigenvalue weighted by Crippen LogP contribution is -2.53. The Labute approximate surface area is 215 Å². The number of halogens is 1. The summed E-state index contributed by atoms with van der Waals surface area (Å²) in [7, 11) is 0. The summed E-state index contributed by atoms with van der Waals surface area (Å²) in [5, 5.41) is 0. The van der Waals surface area contributed by atoms with Crippen molar-refractivity contribution in [1.29, 1.82) is 0 Å². The van der Waals surface area contributed by atoms with Crippen LogP contribution in [0.15, 0.2) is 35.9 Å². The van der Waals surface area contributed by atoms with Gasteiger partial charge in [0, 0.05) is 51.7 Å². The smallest absolute Gasteiger partial charge is 0.256 e. The van der Waals surface area contributed by atoms with Crippen LogP contribution in [0.1, 0.15) is 69.2 Å². The van der Waals surface area contributed by atoms with E-state index in [-0.39, 0.29) is 17.4 Å². The molecular formula is C30H42FN3O2. The SMILES string of the molecule is CC1(C)C2CC=C(CN(CCN3CCN(C(=O)c4ccccc4F)CC3)C(=O)C3CCCCC3)C1C2. The Bertz CT molecular complexity index is 992. The molecule has 0 N–H and O–H groups in total. The molecule has 6 rings (SSSR count). The average molecular weight is 496 g/mol. The van der Waals surface area contributed by atoms with Crippen LogP contribution in [0, 0.1) is 29.0 Å². The predicted octanol–water partition coefficient (Wildman–Crippen LogP) is 4.98. The van der Waals surface area contributed by atoms with Crippen molar-refractivity contribution in [2.75, 3.05) is 45.8 Å². The lowest BCUT2D eigenvalue weighted by atomic mass is 9.49. The Hall–Kier alpha value is -2.21. The second-order valence-electron chi connectivity index (χ2n) is 12.0. The van der Waals surface area contributed by atoms with Crippen molar-refractivity contribution >= 4 is 11.8 Å². The summed E-state index contributed by atoms with van der Waals surface area (Å²) in [6, 6.07) is 6.22. The van der Waals surface area contributed by atoms with Gasteiger partial charge in [-0.05, 0) is 55.1 Å². The van der Waals surface area contributed by atoms with Crippen molar-refractivity contribution in [3.05, 3.63) is 47.3 Å². The Morgan fingerprint density at radius 1 is 1.06 bits per heavy atom. The van der Waals surface area contributed by atoms with Gasteiger partial charge in [0.05, 0.1) is 5.56 Å². The molecule has 2 unspecified atom stereocenters. The highest BCUT2D eigenvalue weighted by molar-refractivity contribution is 5.94. The van der Waals surface area contributed by atoms with E-state index in [0.717, 1.165) is 57.9 Å². The normalized spacial score (nSPS) is 26.2. The van der Waals surface area contributed by atoms with E-state index in [4.69, 9.17) is 0 Å². The molecule has 3 fully saturated rings. The predicted molar refractivity (Wildman–Crippen MR) is 140 cm³/mol. The fraction of sp³-hybridized carbons (Fsp3) is 0.667. The van der Waals surface area contributed by atoms with Gasteiger partial charge >= 0.3 is 0 Å². The molecule has 0 spiro atoms. The summed E-state index contributed by atoms with van der Waals surface area (Å²) < 4.78 is 14.1. The minimum absolute atomic E-state index is 0.150. The van der Waals surface area contributed by atoms with Crippen molar-refractivity contribution in [3.8, 4) is 0 Å². The number of amides is 2. The maximum absolute atomic E-state index is 14.1. The second kappa shape index (κ2) is 10.6. The summed E-state index contributed by atoms with van der Waals surface area (Å²) in [5.41, 5.74) is 1.99. The Balaban J connectivity index is 1.19. The van der Waals surface area contributed by atoms with Crippen LogP contribution in [0.3, 0.4) is 0 Å². The van der Waals surface area contributed by atoms with Crippen molar-refractivity contribution in [2.45, 2.75) is 58.8 Å². The maximum Gasteiger partial charge on any atom is 0.256 e. The third-order valence-corrected chi connectivity index (χ3v) is 9.67. The number of carbonyl (C=O) groups excluding carboxylic acids is 2. The van der Waals surface area contributed by atoms with E-state index in [9.17, 15) is 14.0 Å². The molecule has 5 aliphatic rings. The number of hydrogen-bond donors (Lipinski definition) is 0. The lowest BCUT2D eigenvalue weighted by Gasteiger charge is -2.57. The molecule has 2 atom stereocenters. The van der Waals surface area contributed by atoms with E-state index in [0.29, 0.717) is 30.3 Å². The van der Waals surface area contributed by atoms with Gasteiger partial charge in [-0.1, -0.05) is 56.9 Å². The summed E-state index contributed by atoms with van der Waals surface area (Å²) in [6.45, 7) is 9.83. The Morgan fingerprint density at radius 3 is 2.44 bits per heavy atom. The van der Waals surface area contributed by atoms with E-state index in [2.05, 4.69) is 29.7 Å². The number of piperazine rings is 1. The van der Waals surface area contributed by atoms with Crippen LogP contribution in [0.2, 0.25) is 0 Å². The van der Waals surface area contributed by atoms with Crippen LogP contribution >= 0.6 is 0 Å². The second-order valence-corrected chi connectivity index (χ2v) is 12.0. The zero-order valence-corrected chi connectivity index (χ0v) is 22.1. The minimum Gasteiger partial charge on any atom is -0.337 e. The van der Waals surface area contributed by atoms with E-state index < -0.39 is 5.82 Å². The van der Waals surface area contributed by atoms with E-state index in [1.54, 1.807) is 23.1 Å². The molecule has 2 saturated carbocycles. The molecule has 4 aliphatic carbocycles. The molecule has 0 aromatic heterocycles. The fourth-order valence-corrected chi connectivity index (χ4v) is 6.99. The molecule has 1 aliphatic heterocycles. The number of rotatable bonds is 7. The number of allylic oxidation sites excluding steroid dienone is 1. The molecule has 196 valence electrons. The molecular weight excluding hydrogens is 453 g/mol. The highest BCUT2D eigenvalue weighted by atomic mass is 19.1. The van der Waals surface area contributed by atoms with Gasteiger partial charge in [0.15, 0.2) is 0 Å². The number of benzene rings is 1. The Morgan fingerprint density at radius 2 is 1.78 bits per heavy atom. The fourth-order valence-electron chi connectivity index (χ4n) is 6.99. The van der Waals surface area contributed by atoms with Crippen LogP contribution in [0.4, 0.5) is 4.39 Å². The summed E-state index contributed by atoms with van der Waals surface area (Å²) in [4.78, 5) is 32.7. The van der Waals surface area contributed by atoms with Crippen LogP contribution < -0.4 is 0 Å². The standard InChI is InChI=1S/C30H42FN3O2/c1-30(2)24-13-12-23(26(30)20-24)21-34(28(35)22-8-4-3-5-9-22)19-16-32-14-17-33(18-15-32)29(36)25-10-6-7-11-27(25)31/h6-7,10-12,22,24,26H,3-5,8-9,13-21H2,1-2H3. The lowest BCUT2D eigenvalue weighted by molar-refractivity contribution is -0.136. The zero-order chi connectivity index (χ0) is 25.3. The van der Waals surface area contributed by atoms with Gasteiger partial charge in [0.1, 0.15) is 5.82 Å². The molecule has 5 nitrogen and oxygen atoms in total. The van der Waals surface area contributed by atoms with Gasteiger partial charge in [-0.25, -0.2) is 4.39 Å². The first-order chi connectivity index (χ1) is 17.3. The molecule has 1 heterocycles. The van der Waals surface area contributed by atoms with Gasteiger partial charge < -0.3 is 9.80 Å². The number of fused-ring (bicyclic) bond motifs is 1. The van der Waals surface area contributed by atoms with Crippen LogP contribution in [-0.2, 0) is 4.79 Å². The van der Waals surface area contributed by atoms with Gasteiger partial charge in [-0.15, -0.1) is 0 Å². The number of carbonyl (C=O) groups is 2. The van der Waals surface area contributed by atoms with Gasteiger partial charge in [-0.3, -0.25) is 14.5 Å². The number of hydrogen-bond acceptors (Lipinski definition) is 3. The first-order valence-electron chi connectivity index (χ1n) is 14.1. The first-order valence-corrected chi connectivity index (χ1v) is 14.1. The first kappa shape index (κ1) is 25.4. The molecule has 36 heavy (non-hydrogen) atoms. The van der Waals surface area contributed by atoms with Crippen LogP contribution in [0.5, 0.6) is 0 Å². The van der Waals surface area contributed by atoms with Gasteiger partial charge in [-0.2, -0.15) is 0 Å². The van der Waals surface area contributed by atoms with Crippen LogP contribution in [-0.4, -0.2) is 72.3 Å². The summed E-state index contributed by atoms with van der Waals surface area (Å²) in [6.07, 6.45) is 10.5. The van der Waals surface area contributed by atoms with Crippen molar-refractivity contribution < 1.29 is 14.0 Å². The van der Waals surface area contributed by atoms with Crippen LogP contribution in [0.25, 0.3) is 0 Å². The van der Waals surface area contributed by atoms with Gasteiger partial charge in [0.2, 0.25) is 5.91 Å². The summed E-state index contributed by atoms with van der Waals surface area (Å²) >= 11 is 0.